The largest absolute Gasteiger partial charge is 0.461 e. The first-order valence-electron chi connectivity index (χ1n) is 8.99. The number of furan rings is 1. The van der Waals surface area contributed by atoms with Crippen molar-refractivity contribution in [3.05, 3.63) is 48.1 Å². The van der Waals surface area contributed by atoms with Gasteiger partial charge in [0, 0.05) is 25.1 Å². The summed E-state index contributed by atoms with van der Waals surface area (Å²) in [4.78, 5) is 18.8. The summed E-state index contributed by atoms with van der Waals surface area (Å²) in [6.07, 6.45) is 8.54. The first-order chi connectivity index (χ1) is 12.2. The molecular weight excluding hydrogens is 314 g/mol. The molecule has 2 unspecified atom stereocenters. The van der Waals surface area contributed by atoms with Crippen LogP contribution in [0, 0.1) is 5.92 Å². The van der Waals surface area contributed by atoms with Crippen molar-refractivity contribution in [2.75, 3.05) is 23.3 Å². The van der Waals surface area contributed by atoms with Gasteiger partial charge in [0.15, 0.2) is 0 Å². The second kappa shape index (κ2) is 6.75. The quantitative estimate of drug-likeness (QED) is 0.836. The number of carbonyl (C=O) groups excluding carboxylic acids is 1. The van der Waals surface area contributed by atoms with Crippen molar-refractivity contribution >= 4 is 23.5 Å². The van der Waals surface area contributed by atoms with E-state index in [0.29, 0.717) is 23.3 Å². The predicted octanol–water partition coefficient (Wildman–Crippen LogP) is 4.05. The lowest BCUT2D eigenvalue weighted by atomic mass is 10.3. The van der Waals surface area contributed by atoms with Crippen LogP contribution in [0.1, 0.15) is 43.6 Å². The number of rotatable bonds is 5. The maximum absolute atomic E-state index is 12.1. The number of nitrogens with one attached hydrogen (secondary N) is 1. The Kier molecular flexibility index (Phi) is 4.30. The molecule has 0 spiro atoms. The minimum atomic E-state index is -0.187. The van der Waals surface area contributed by atoms with Crippen molar-refractivity contribution in [2.24, 2.45) is 5.92 Å². The number of nitrogens with zero attached hydrogens (tertiary/aromatic N) is 2. The molecule has 0 aromatic carbocycles. The maximum atomic E-state index is 12.1. The van der Waals surface area contributed by atoms with E-state index >= 15 is 0 Å². The Hall–Kier alpha value is -2.56. The second-order valence-electron chi connectivity index (χ2n) is 6.98. The predicted molar refractivity (Wildman–Crippen MR) is 98.6 cm³/mol. The van der Waals surface area contributed by atoms with Gasteiger partial charge in [-0.25, -0.2) is 4.98 Å². The number of hydrogen-bond donors (Lipinski definition) is 1. The average molecular weight is 337 g/mol. The Balaban J connectivity index is 1.32. The van der Waals surface area contributed by atoms with Gasteiger partial charge in [0.25, 0.3) is 0 Å². The zero-order chi connectivity index (χ0) is 17.2. The molecule has 130 valence electrons. The Morgan fingerprint density at radius 2 is 2.08 bits per heavy atom. The van der Waals surface area contributed by atoms with E-state index in [4.69, 9.17) is 4.42 Å². The van der Waals surface area contributed by atoms with Gasteiger partial charge < -0.3 is 14.6 Å². The third-order valence-corrected chi connectivity index (χ3v) is 4.97. The van der Waals surface area contributed by atoms with Gasteiger partial charge in [-0.3, -0.25) is 4.79 Å². The van der Waals surface area contributed by atoms with Crippen LogP contribution < -0.4 is 10.2 Å². The van der Waals surface area contributed by atoms with Crippen LogP contribution in [0.5, 0.6) is 0 Å². The monoisotopic (exact) mass is 337 g/mol. The molecule has 2 aromatic rings. The highest BCUT2D eigenvalue weighted by Gasteiger charge is 2.36. The van der Waals surface area contributed by atoms with Crippen molar-refractivity contribution in [1.29, 1.82) is 0 Å². The van der Waals surface area contributed by atoms with Gasteiger partial charge in [0.2, 0.25) is 5.91 Å². The lowest BCUT2D eigenvalue weighted by Gasteiger charge is -2.16. The summed E-state index contributed by atoms with van der Waals surface area (Å²) in [7, 11) is 0. The van der Waals surface area contributed by atoms with Crippen molar-refractivity contribution in [2.45, 2.75) is 32.1 Å². The fraction of sp³-hybridized carbons (Fsp3) is 0.400. The van der Waals surface area contributed by atoms with Crippen molar-refractivity contribution < 1.29 is 9.21 Å². The van der Waals surface area contributed by atoms with Crippen LogP contribution in [0.3, 0.4) is 0 Å². The van der Waals surface area contributed by atoms with E-state index in [-0.39, 0.29) is 5.91 Å². The van der Waals surface area contributed by atoms with Crippen LogP contribution in [-0.2, 0) is 4.79 Å². The molecule has 5 nitrogen and oxygen atoms in total. The third-order valence-electron chi connectivity index (χ3n) is 4.97. The lowest BCUT2D eigenvalue weighted by Crippen LogP contribution is -2.18. The van der Waals surface area contributed by atoms with E-state index in [1.165, 1.54) is 25.3 Å². The van der Waals surface area contributed by atoms with Crippen LogP contribution in [0.25, 0.3) is 6.08 Å². The van der Waals surface area contributed by atoms with Crippen molar-refractivity contribution in [3.63, 3.8) is 0 Å². The molecular formula is C20H23N3O2. The summed E-state index contributed by atoms with van der Waals surface area (Å²) in [6.45, 7) is 4.34. The maximum Gasteiger partial charge on any atom is 0.248 e. The molecule has 1 saturated heterocycles. The van der Waals surface area contributed by atoms with E-state index in [0.717, 1.165) is 24.7 Å². The Labute approximate surface area is 147 Å². The molecule has 1 saturated carbocycles. The van der Waals surface area contributed by atoms with Crippen LogP contribution in [0.15, 0.2) is 41.0 Å². The van der Waals surface area contributed by atoms with Crippen molar-refractivity contribution in [3.8, 4) is 0 Å². The molecule has 3 heterocycles. The summed E-state index contributed by atoms with van der Waals surface area (Å²) in [5.74, 6) is 3.79. The van der Waals surface area contributed by atoms with Gasteiger partial charge >= 0.3 is 0 Å². The van der Waals surface area contributed by atoms with E-state index in [9.17, 15) is 4.79 Å². The fourth-order valence-electron chi connectivity index (χ4n) is 3.31. The van der Waals surface area contributed by atoms with Crippen LogP contribution >= 0.6 is 0 Å². The molecule has 1 N–H and O–H groups in total. The molecule has 1 aliphatic heterocycles. The lowest BCUT2D eigenvalue weighted by molar-refractivity contribution is -0.111. The minimum Gasteiger partial charge on any atom is -0.461 e. The summed E-state index contributed by atoms with van der Waals surface area (Å²) in [5.41, 5.74) is 0.699. The van der Waals surface area contributed by atoms with E-state index in [2.05, 4.69) is 22.1 Å². The summed E-state index contributed by atoms with van der Waals surface area (Å²) in [5, 5.41) is 2.83. The molecule has 4 rings (SSSR count). The normalized spacial score (nSPS) is 22.5. The van der Waals surface area contributed by atoms with Gasteiger partial charge in [-0.05, 0) is 55.5 Å². The number of pyridine rings is 1. The number of amides is 1. The highest BCUT2D eigenvalue weighted by Crippen LogP contribution is 2.47. The van der Waals surface area contributed by atoms with Gasteiger partial charge in [-0.2, -0.15) is 0 Å². The highest BCUT2D eigenvalue weighted by atomic mass is 16.3. The molecule has 1 aliphatic carbocycles. The smallest absolute Gasteiger partial charge is 0.248 e. The summed E-state index contributed by atoms with van der Waals surface area (Å²) < 4.78 is 5.77. The molecule has 2 aromatic heterocycles. The van der Waals surface area contributed by atoms with E-state index < -0.39 is 0 Å². The molecule has 2 fully saturated rings. The summed E-state index contributed by atoms with van der Waals surface area (Å²) >= 11 is 0. The molecule has 25 heavy (non-hydrogen) atoms. The third kappa shape index (κ3) is 3.76. The number of hydrogen-bond acceptors (Lipinski definition) is 4. The topological polar surface area (TPSA) is 58.4 Å². The first kappa shape index (κ1) is 15.9. The number of aromatic nitrogens is 1. The van der Waals surface area contributed by atoms with Crippen molar-refractivity contribution in [1.82, 2.24) is 4.98 Å². The number of carbonyl (C=O) groups is 1. The Morgan fingerprint density at radius 3 is 2.76 bits per heavy atom. The Bertz CT molecular complexity index is 772. The summed E-state index contributed by atoms with van der Waals surface area (Å²) in [6, 6.07) is 7.77. The minimum absolute atomic E-state index is 0.187. The molecule has 2 atom stereocenters. The first-order valence-corrected chi connectivity index (χ1v) is 8.99. The molecule has 0 bridgehead atoms. The van der Waals surface area contributed by atoms with Gasteiger partial charge in [0.1, 0.15) is 17.3 Å². The van der Waals surface area contributed by atoms with Gasteiger partial charge in [-0.15, -0.1) is 0 Å². The van der Waals surface area contributed by atoms with Gasteiger partial charge in [0.05, 0.1) is 11.9 Å². The SMILES string of the molecule is CC1CC1c1ccc(/C=C/C(=O)Nc2ccc(N3CCCC3)nc2)o1. The van der Waals surface area contributed by atoms with Gasteiger partial charge in [-0.1, -0.05) is 6.92 Å². The molecule has 0 radical (unpaired) electrons. The van der Waals surface area contributed by atoms with E-state index in [1.807, 2.05) is 24.3 Å². The zero-order valence-electron chi connectivity index (χ0n) is 14.4. The van der Waals surface area contributed by atoms with Crippen LogP contribution in [0.4, 0.5) is 11.5 Å². The number of anilines is 2. The Morgan fingerprint density at radius 1 is 1.28 bits per heavy atom. The average Bonchev–Trinajstić information content (AvgIpc) is 3.06. The fourth-order valence-corrected chi connectivity index (χ4v) is 3.31. The highest BCUT2D eigenvalue weighted by molar-refractivity contribution is 6.01. The molecule has 1 amide bonds. The standard InChI is InChI=1S/C20H23N3O2/c1-14-12-17(14)18-7-5-16(25-18)6-9-20(24)22-15-4-8-19(21-13-15)23-10-2-3-11-23/h4-9,13-14,17H,2-3,10-12H2,1H3,(H,22,24)/b9-6+. The van der Waals surface area contributed by atoms with E-state index in [1.54, 1.807) is 12.3 Å². The van der Waals surface area contributed by atoms with Crippen LogP contribution in [-0.4, -0.2) is 24.0 Å². The van der Waals surface area contributed by atoms with Crippen LogP contribution in [0.2, 0.25) is 0 Å². The molecule has 5 heteroatoms. The molecule has 2 aliphatic rings. The second-order valence-corrected chi connectivity index (χ2v) is 6.98. The zero-order valence-corrected chi connectivity index (χ0v) is 14.4.